The van der Waals surface area contributed by atoms with Crippen LogP contribution in [0.2, 0.25) is 0 Å². The first-order valence-electron chi connectivity index (χ1n) is 10.3. The van der Waals surface area contributed by atoms with E-state index in [1.54, 1.807) is 0 Å². The van der Waals surface area contributed by atoms with Gasteiger partial charge in [-0.3, -0.25) is 4.79 Å². The number of benzene rings is 2. The fourth-order valence-corrected chi connectivity index (χ4v) is 4.33. The molecule has 0 bridgehead atoms. The third-order valence-electron chi connectivity index (χ3n) is 5.81. The van der Waals surface area contributed by atoms with Crippen molar-refractivity contribution in [3.8, 4) is 11.4 Å². The van der Waals surface area contributed by atoms with Gasteiger partial charge in [0.15, 0.2) is 18.1 Å². The Morgan fingerprint density at radius 1 is 1.03 bits per heavy atom. The zero-order chi connectivity index (χ0) is 22.5. The van der Waals surface area contributed by atoms with Crippen LogP contribution in [-0.4, -0.2) is 22.3 Å². The highest BCUT2D eigenvalue weighted by atomic mass is 19.4. The fraction of sp³-hybridized carbons (Fsp3) is 0.304. The molecule has 32 heavy (non-hydrogen) atoms. The minimum Gasteiger partial charge on any atom is -0.481 e. The Hall–Kier alpha value is -3.36. The molecule has 1 amide bonds. The van der Waals surface area contributed by atoms with Crippen LogP contribution < -0.4 is 9.64 Å². The monoisotopic (exact) mass is 445 g/mol. The average molecular weight is 445 g/mol. The lowest BCUT2D eigenvalue weighted by Crippen LogP contribution is -2.38. The van der Waals surface area contributed by atoms with Crippen LogP contribution in [0.5, 0.6) is 5.75 Å². The number of anilines is 1. The van der Waals surface area contributed by atoms with Crippen molar-refractivity contribution in [3.05, 3.63) is 70.8 Å². The minimum atomic E-state index is -4.70. The van der Waals surface area contributed by atoms with E-state index in [0.29, 0.717) is 23.2 Å². The van der Waals surface area contributed by atoms with E-state index in [1.807, 2.05) is 30.3 Å². The normalized spacial score (nSPS) is 15.9. The van der Waals surface area contributed by atoms with Crippen molar-refractivity contribution in [2.45, 2.75) is 38.4 Å². The molecule has 166 valence electrons. The van der Waals surface area contributed by atoms with Gasteiger partial charge in [0.05, 0.1) is 17.9 Å². The highest BCUT2D eigenvalue weighted by Crippen LogP contribution is 2.41. The largest absolute Gasteiger partial charge is 0.481 e. The van der Waals surface area contributed by atoms with Crippen molar-refractivity contribution in [1.82, 2.24) is 9.78 Å². The highest BCUT2D eigenvalue weighted by Gasteiger charge is 2.41. The quantitative estimate of drug-likeness (QED) is 0.543. The van der Waals surface area contributed by atoms with Gasteiger partial charge in [-0.2, -0.15) is 18.3 Å². The molecule has 5 nitrogen and oxygen atoms in total. The van der Waals surface area contributed by atoms with Gasteiger partial charge in [0, 0.05) is 11.6 Å². The molecule has 1 aliphatic heterocycles. The fourth-order valence-electron chi connectivity index (χ4n) is 4.33. The molecule has 0 fully saturated rings. The van der Waals surface area contributed by atoms with Gasteiger partial charge in [0.25, 0.3) is 5.91 Å². The summed E-state index contributed by atoms with van der Waals surface area (Å²) < 4.78 is 63.0. The Morgan fingerprint density at radius 2 is 1.78 bits per heavy atom. The molecule has 0 radical (unpaired) electrons. The number of ether oxygens (including phenoxy) is 1. The number of nitrogens with zero attached hydrogens (tertiary/aromatic N) is 3. The summed E-state index contributed by atoms with van der Waals surface area (Å²) in [5.41, 5.74) is 0.183. The van der Waals surface area contributed by atoms with Crippen LogP contribution in [0.15, 0.2) is 42.5 Å². The third kappa shape index (κ3) is 3.51. The maximum atomic E-state index is 15.0. The molecule has 2 aliphatic rings. The zero-order valence-electron chi connectivity index (χ0n) is 17.0. The molecule has 0 saturated carbocycles. The van der Waals surface area contributed by atoms with Crippen molar-refractivity contribution < 1.29 is 27.1 Å². The second-order valence-corrected chi connectivity index (χ2v) is 7.92. The van der Waals surface area contributed by atoms with E-state index in [0.717, 1.165) is 18.1 Å². The van der Waals surface area contributed by atoms with E-state index in [9.17, 15) is 18.0 Å². The van der Waals surface area contributed by atoms with Gasteiger partial charge in [-0.15, -0.1) is 0 Å². The topological polar surface area (TPSA) is 47.4 Å². The number of hydrogen-bond acceptors (Lipinski definition) is 3. The van der Waals surface area contributed by atoms with Crippen molar-refractivity contribution in [1.29, 1.82) is 0 Å². The Kier molecular flexibility index (Phi) is 4.91. The van der Waals surface area contributed by atoms with Crippen molar-refractivity contribution in [2.24, 2.45) is 0 Å². The molecule has 9 heteroatoms. The Morgan fingerprint density at radius 3 is 2.53 bits per heavy atom. The van der Waals surface area contributed by atoms with Gasteiger partial charge in [0.2, 0.25) is 0 Å². The first-order valence-corrected chi connectivity index (χ1v) is 10.3. The van der Waals surface area contributed by atoms with E-state index in [2.05, 4.69) is 5.10 Å². The summed E-state index contributed by atoms with van der Waals surface area (Å²) in [5.74, 6) is -1.16. The summed E-state index contributed by atoms with van der Waals surface area (Å²) in [5, 5.41) is 4.14. The summed E-state index contributed by atoms with van der Waals surface area (Å²) in [6, 6.07) is 11.4. The second-order valence-electron chi connectivity index (χ2n) is 7.92. The molecule has 0 saturated heterocycles. The SMILES string of the molecule is O=C1COc2cc(F)c(-n3nc4c(c3C(F)(F)F)CCCC4)cc2N1Cc1ccccc1. The second kappa shape index (κ2) is 7.65. The van der Waals surface area contributed by atoms with Crippen molar-refractivity contribution in [3.63, 3.8) is 0 Å². The lowest BCUT2D eigenvalue weighted by molar-refractivity contribution is -0.143. The molecule has 3 aromatic rings. The molecule has 0 N–H and O–H groups in total. The van der Waals surface area contributed by atoms with E-state index in [1.165, 1.54) is 11.0 Å². The van der Waals surface area contributed by atoms with Crippen LogP contribution in [0.25, 0.3) is 5.69 Å². The number of fused-ring (bicyclic) bond motifs is 2. The van der Waals surface area contributed by atoms with Crippen molar-refractivity contribution >= 4 is 11.6 Å². The average Bonchev–Trinajstić information content (AvgIpc) is 3.16. The van der Waals surface area contributed by atoms with E-state index < -0.39 is 17.7 Å². The lowest BCUT2D eigenvalue weighted by Gasteiger charge is -2.30. The van der Waals surface area contributed by atoms with E-state index in [-0.39, 0.29) is 48.2 Å². The highest BCUT2D eigenvalue weighted by molar-refractivity contribution is 5.98. The molecule has 0 atom stereocenters. The summed E-state index contributed by atoms with van der Waals surface area (Å²) in [7, 11) is 0. The number of alkyl halides is 3. The van der Waals surface area contributed by atoms with Crippen LogP contribution in [0.3, 0.4) is 0 Å². The predicted octanol–water partition coefficient (Wildman–Crippen LogP) is 4.83. The zero-order valence-corrected chi connectivity index (χ0v) is 17.0. The van der Waals surface area contributed by atoms with E-state index in [4.69, 9.17) is 4.74 Å². The number of amides is 1. The molecule has 1 aromatic heterocycles. The maximum absolute atomic E-state index is 15.0. The Bertz CT molecular complexity index is 1190. The summed E-state index contributed by atoms with van der Waals surface area (Å²) in [4.78, 5) is 14.0. The third-order valence-corrected chi connectivity index (χ3v) is 5.81. The molecule has 2 aromatic carbocycles. The van der Waals surface area contributed by atoms with Gasteiger partial charge in [0.1, 0.15) is 11.4 Å². The number of aryl methyl sites for hydroxylation is 1. The van der Waals surface area contributed by atoms with Crippen LogP contribution >= 0.6 is 0 Å². The predicted molar refractivity (Wildman–Crippen MR) is 108 cm³/mol. The van der Waals surface area contributed by atoms with Gasteiger partial charge in [-0.25, -0.2) is 9.07 Å². The number of halogens is 4. The van der Waals surface area contributed by atoms with Gasteiger partial charge < -0.3 is 9.64 Å². The summed E-state index contributed by atoms with van der Waals surface area (Å²) >= 11 is 0. The molecule has 0 unspecified atom stereocenters. The first kappa shape index (κ1) is 20.5. The number of hydrogen-bond donors (Lipinski definition) is 0. The smallest absolute Gasteiger partial charge is 0.433 e. The van der Waals surface area contributed by atoms with Crippen LogP contribution in [0, 0.1) is 5.82 Å². The summed E-state index contributed by atoms with van der Waals surface area (Å²) in [6.07, 6.45) is -2.67. The summed E-state index contributed by atoms with van der Waals surface area (Å²) in [6.45, 7) is -0.0919. The molecule has 0 spiro atoms. The van der Waals surface area contributed by atoms with Crippen molar-refractivity contribution in [2.75, 3.05) is 11.5 Å². The van der Waals surface area contributed by atoms with Gasteiger partial charge >= 0.3 is 6.18 Å². The minimum absolute atomic E-state index is 0.104. The lowest BCUT2D eigenvalue weighted by atomic mass is 9.96. The molecular weight excluding hydrogens is 426 g/mol. The van der Waals surface area contributed by atoms with E-state index >= 15 is 4.39 Å². The van der Waals surface area contributed by atoms with Gasteiger partial charge in [-0.1, -0.05) is 30.3 Å². The maximum Gasteiger partial charge on any atom is 0.433 e. The van der Waals surface area contributed by atoms with Crippen LogP contribution in [-0.2, 0) is 30.4 Å². The number of aromatic nitrogens is 2. The molecule has 5 rings (SSSR count). The molecule has 1 aliphatic carbocycles. The van der Waals surface area contributed by atoms with Crippen LogP contribution in [0.1, 0.15) is 35.4 Å². The number of rotatable bonds is 3. The number of carbonyl (C=O) groups excluding carboxylic acids is 1. The Balaban J connectivity index is 1.65. The first-order chi connectivity index (χ1) is 15.3. The Labute approximate surface area is 181 Å². The molecule has 2 heterocycles. The van der Waals surface area contributed by atoms with Crippen LogP contribution in [0.4, 0.5) is 23.2 Å². The standard InChI is InChI=1S/C23H19F4N3O2/c24-16-10-20-19(29(21(31)13-32-20)12-14-6-2-1-3-7-14)11-18(16)30-22(23(25,26)27)15-8-4-5-9-17(15)28-30/h1-3,6-7,10-11H,4-5,8-9,12-13H2. The van der Waals surface area contributed by atoms with Gasteiger partial charge in [-0.05, 0) is 37.3 Å². The number of carbonyl (C=O) groups is 1. The molecular formula is C23H19F4N3O2.